The van der Waals surface area contributed by atoms with Crippen molar-refractivity contribution in [2.24, 2.45) is 4.99 Å². The van der Waals surface area contributed by atoms with Crippen LogP contribution in [0.25, 0.3) is 6.08 Å². The molecule has 1 aliphatic rings. The highest BCUT2D eigenvalue weighted by Crippen LogP contribution is 2.26. The first kappa shape index (κ1) is 18.5. The number of nitrogens with zero attached hydrogens (tertiary/aromatic N) is 2. The van der Waals surface area contributed by atoms with Crippen LogP contribution in [0.5, 0.6) is 0 Å². The van der Waals surface area contributed by atoms with Gasteiger partial charge in [0.15, 0.2) is 0 Å². The molecule has 1 aliphatic heterocycles. The third-order valence-electron chi connectivity index (χ3n) is 4.03. The molecule has 2 amide bonds. The fourth-order valence-corrected chi connectivity index (χ4v) is 3.10. The first-order chi connectivity index (χ1) is 12.6. The lowest BCUT2D eigenvalue weighted by molar-refractivity contribution is 0.247. The van der Waals surface area contributed by atoms with Crippen molar-refractivity contribution in [1.29, 1.82) is 0 Å². The first-order valence-corrected chi connectivity index (χ1v) is 9.18. The smallest absolute Gasteiger partial charge is 0.321 e. The largest absolute Gasteiger partial charge is 0.338 e. The molecule has 0 fully saturated rings. The Balaban J connectivity index is 1.93. The number of aliphatic imine (C=N–C) groups is 1. The van der Waals surface area contributed by atoms with Crippen molar-refractivity contribution in [1.82, 2.24) is 5.32 Å². The summed E-state index contributed by atoms with van der Waals surface area (Å²) in [5, 5.41) is 3.90. The summed E-state index contributed by atoms with van der Waals surface area (Å²) in [6.45, 7) is 3.56. The average Bonchev–Trinajstić information content (AvgIpc) is 2.82. The van der Waals surface area contributed by atoms with E-state index >= 15 is 0 Å². The zero-order valence-corrected chi connectivity index (χ0v) is 15.9. The van der Waals surface area contributed by atoms with E-state index in [4.69, 9.17) is 23.2 Å². The van der Waals surface area contributed by atoms with Gasteiger partial charge in [-0.05, 0) is 36.8 Å². The summed E-state index contributed by atoms with van der Waals surface area (Å²) in [4.78, 5) is 18.8. The molecule has 26 heavy (non-hydrogen) atoms. The Hall–Kier alpha value is -2.30. The van der Waals surface area contributed by atoms with Crippen molar-refractivity contribution in [2.45, 2.75) is 6.92 Å². The Bertz CT molecular complexity index is 877. The number of benzene rings is 2. The number of para-hydroxylation sites is 1. The minimum absolute atomic E-state index is 0.107. The van der Waals surface area contributed by atoms with Gasteiger partial charge in [0.25, 0.3) is 0 Å². The SMILES string of the molecule is CCNC(=O)N1CCN=C(C=Cc2ccc(Cl)c(Cl)c2)c2ccccc21. The van der Waals surface area contributed by atoms with Gasteiger partial charge >= 0.3 is 6.03 Å². The number of halogens is 2. The monoisotopic (exact) mass is 387 g/mol. The molecular formula is C20H19Cl2N3O. The van der Waals surface area contributed by atoms with E-state index in [9.17, 15) is 4.79 Å². The maximum absolute atomic E-state index is 12.4. The van der Waals surface area contributed by atoms with Gasteiger partial charge in [0, 0.05) is 18.7 Å². The fourth-order valence-electron chi connectivity index (χ4n) is 2.79. The van der Waals surface area contributed by atoms with Crippen LogP contribution in [0.3, 0.4) is 0 Å². The number of carbonyl (C=O) groups is 1. The molecule has 0 radical (unpaired) electrons. The molecule has 0 saturated heterocycles. The second-order valence-electron chi connectivity index (χ2n) is 5.78. The second kappa shape index (κ2) is 8.39. The van der Waals surface area contributed by atoms with Crippen molar-refractivity contribution in [3.8, 4) is 0 Å². The molecule has 1 N–H and O–H groups in total. The molecule has 0 aliphatic carbocycles. The van der Waals surface area contributed by atoms with Crippen LogP contribution in [-0.2, 0) is 0 Å². The quantitative estimate of drug-likeness (QED) is 0.786. The van der Waals surface area contributed by atoms with E-state index in [2.05, 4.69) is 10.3 Å². The number of nitrogens with one attached hydrogen (secondary N) is 1. The predicted octanol–water partition coefficient (Wildman–Crippen LogP) is 5.05. The predicted molar refractivity (Wildman–Crippen MR) is 110 cm³/mol. The van der Waals surface area contributed by atoms with E-state index in [1.165, 1.54) is 0 Å². The third kappa shape index (κ3) is 4.09. The van der Waals surface area contributed by atoms with Crippen molar-refractivity contribution >= 4 is 46.7 Å². The Kier molecular flexibility index (Phi) is 5.96. The molecule has 0 unspecified atom stereocenters. The number of urea groups is 1. The normalized spacial score (nSPS) is 14.0. The molecule has 2 aromatic rings. The van der Waals surface area contributed by atoms with Crippen LogP contribution < -0.4 is 10.2 Å². The molecule has 4 nitrogen and oxygen atoms in total. The van der Waals surface area contributed by atoms with Crippen LogP contribution in [0.1, 0.15) is 18.1 Å². The van der Waals surface area contributed by atoms with Crippen molar-refractivity contribution in [3.63, 3.8) is 0 Å². The van der Waals surface area contributed by atoms with Crippen LogP contribution in [0, 0.1) is 0 Å². The van der Waals surface area contributed by atoms with E-state index in [0.717, 1.165) is 22.5 Å². The highest BCUT2D eigenvalue weighted by atomic mass is 35.5. The number of amides is 2. The Labute approximate surface area is 163 Å². The van der Waals surface area contributed by atoms with Crippen LogP contribution in [-0.4, -0.2) is 31.4 Å². The van der Waals surface area contributed by atoms with Crippen LogP contribution >= 0.6 is 23.2 Å². The average molecular weight is 388 g/mol. The standard InChI is InChI=1S/C20H19Cl2N3O/c1-2-23-20(26)25-12-11-24-18(15-5-3-4-6-19(15)25)10-8-14-7-9-16(21)17(22)13-14/h3-10,13H,2,11-12H2,1H3,(H,23,26). The number of hydrogen-bond acceptors (Lipinski definition) is 2. The summed E-state index contributed by atoms with van der Waals surface area (Å²) in [5.41, 5.74) is 3.55. The molecule has 2 aromatic carbocycles. The number of benzodiazepines with no additional fused rings is 1. The summed E-state index contributed by atoms with van der Waals surface area (Å²) in [7, 11) is 0. The minimum atomic E-state index is -0.107. The number of hydrogen-bond donors (Lipinski definition) is 1. The molecule has 6 heteroatoms. The lowest BCUT2D eigenvalue weighted by Gasteiger charge is -2.22. The van der Waals surface area contributed by atoms with E-state index in [1.54, 1.807) is 11.0 Å². The molecule has 1 heterocycles. The van der Waals surface area contributed by atoms with Gasteiger partial charge in [0.05, 0.1) is 28.0 Å². The molecule has 134 valence electrons. The van der Waals surface area contributed by atoms with E-state index < -0.39 is 0 Å². The Morgan fingerprint density at radius 1 is 1.19 bits per heavy atom. The fraction of sp³-hybridized carbons (Fsp3) is 0.200. The first-order valence-electron chi connectivity index (χ1n) is 8.42. The topological polar surface area (TPSA) is 44.7 Å². The minimum Gasteiger partial charge on any atom is -0.338 e. The summed E-state index contributed by atoms with van der Waals surface area (Å²) in [6.07, 6.45) is 3.89. The van der Waals surface area contributed by atoms with Crippen molar-refractivity contribution in [3.05, 3.63) is 69.7 Å². The number of fused-ring (bicyclic) bond motifs is 1. The van der Waals surface area contributed by atoms with E-state index in [1.807, 2.05) is 55.5 Å². The van der Waals surface area contributed by atoms with Crippen LogP contribution in [0.15, 0.2) is 53.5 Å². The van der Waals surface area contributed by atoms with Gasteiger partial charge in [0.2, 0.25) is 0 Å². The lowest BCUT2D eigenvalue weighted by Crippen LogP contribution is -2.41. The number of rotatable bonds is 3. The Morgan fingerprint density at radius 3 is 2.77 bits per heavy atom. The van der Waals surface area contributed by atoms with Gasteiger partial charge in [-0.2, -0.15) is 0 Å². The molecule has 0 aromatic heterocycles. The van der Waals surface area contributed by atoms with E-state index in [-0.39, 0.29) is 6.03 Å². The van der Waals surface area contributed by atoms with Crippen LogP contribution in [0.2, 0.25) is 10.0 Å². The molecule has 3 rings (SSSR count). The highest BCUT2D eigenvalue weighted by molar-refractivity contribution is 6.42. The number of allylic oxidation sites excluding steroid dienone is 1. The number of carbonyl (C=O) groups excluding carboxylic acids is 1. The maximum atomic E-state index is 12.4. The molecule has 0 spiro atoms. The van der Waals surface area contributed by atoms with Gasteiger partial charge in [-0.25, -0.2) is 4.79 Å². The maximum Gasteiger partial charge on any atom is 0.321 e. The molecule has 0 bridgehead atoms. The van der Waals surface area contributed by atoms with Crippen LogP contribution in [0.4, 0.5) is 10.5 Å². The zero-order chi connectivity index (χ0) is 18.5. The van der Waals surface area contributed by atoms with Crippen molar-refractivity contribution < 1.29 is 4.79 Å². The highest BCUT2D eigenvalue weighted by Gasteiger charge is 2.21. The van der Waals surface area contributed by atoms with Gasteiger partial charge in [-0.3, -0.25) is 9.89 Å². The molecular weight excluding hydrogens is 369 g/mol. The zero-order valence-electron chi connectivity index (χ0n) is 14.4. The summed E-state index contributed by atoms with van der Waals surface area (Å²) < 4.78 is 0. The van der Waals surface area contributed by atoms with Gasteiger partial charge in [0.1, 0.15) is 0 Å². The summed E-state index contributed by atoms with van der Waals surface area (Å²) in [5.74, 6) is 0. The summed E-state index contributed by atoms with van der Waals surface area (Å²) >= 11 is 12.0. The Morgan fingerprint density at radius 2 is 2.00 bits per heavy atom. The third-order valence-corrected chi connectivity index (χ3v) is 4.77. The lowest BCUT2D eigenvalue weighted by atomic mass is 10.1. The molecule has 0 saturated carbocycles. The second-order valence-corrected chi connectivity index (χ2v) is 6.59. The van der Waals surface area contributed by atoms with Gasteiger partial charge < -0.3 is 5.32 Å². The van der Waals surface area contributed by atoms with Gasteiger partial charge in [-0.15, -0.1) is 0 Å². The summed E-state index contributed by atoms with van der Waals surface area (Å²) in [6, 6.07) is 13.2. The van der Waals surface area contributed by atoms with E-state index in [0.29, 0.717) is 29.7 Å². The number of anilines is 1. The molecule has 0 atom stereocenters. The van der Waals surface area contributed by atoms with Crippen molar-refractivity contribution in [2.75, 3.05) is 24.5 Å². The van der Waals surface area contributed by atoms with Gasteiger partial charge in [-0.1, -0.05) is 53.5 Å².